The van der Waals surface area contributed by atoms with Gasteiger partial charge in [-0.15, -0.1) is 11.3 Å². The van der Waals surface area contributed by atoms with Crippen LogP contribution in [0.15, 0.2) is 39.7 Å². The number of nitriles is 1. The molecule has 1 aliphatic rings. The second-order valence-corrected chi connectivity index (χ2v) is 8.14. The maximum atomic E-state index is 11.8. The second kappa shape index (κ2) is 8.24. The van der Waals surface area contributed by atoms with Crippen LogP contribution in [0.2, 0.25) is 5.02 Å². The lowest BCUT2D eigenvalue weighted by molar-refractivity contribution is 0.0601. The molecular formula is C22H17ClN2O3S. The molecule has 3 aromatic rings. The van der Waals surface area contributed by atoms with Gasteiger partial charge in [-0.05, 0) is 61.6 Å². The molecule has 0 amide bonds. The molecule has 0 fully saturated rings. The smallest absolute Gasteiger partial charge is 0.339 e. The third kappa shape index (κ3) is 3.84. The Morgan fingerprint density at radius 1 is 1.31 bits per heavy atom. The van der Waals surface area contributed by atoms with E-state index < -0.39 is 5.97 Å². The van der Waals surface area contributed by atoms with Gasteiger partial charge in [-0.1, -0.05) is 11.6 Å². The van der Waals surface area contributed by atoms with Crippen molar-refractivity contribution in [2.45, 2.75) is 25.7 Å². The SMILES string of the molecule is COC(=O)c1cc(-c2ccc(/C=N/c3sc4c(c3C#N)CCCC4)o2)ccc1Cl. The summed E-state index contributed by atoms with van der Waals surface area (Å²) in [6, 6.07) is 10.9. The van der Waals surface area contributed by atoms with Crippen LogP contribution in [0.1, 0.15) is 45.0 Å². The fourth-order valence-electron chi connectivity index (χ4n) is 3.40. The number of aryl methyl sites for hydroxylation is 1. The number of methoxy groups -OCH3 is 1. The van der Waals surface area contributed by atoms with E-state index in [-0.39, 0.29) is 5.56 Å². The van der Waals surface area contributed by atoms with Gasteiger partial charge in [-0.25, -0.2) is 9.79 Å². The number of benzene rings is 1. The quantitative estimate of drug-likeness (QED) is 0.383. The van der Waals surface area contributed by atoms with E-state index in [0.717, 1.165) is 36.2 Å². The number of hydrogen-bond acceptors (Lipinski definition) is 6. The molecule has 29 heavy (non-hydrogen) atoms. The second-order valence-electron chi connectivity index (χ2n) is 6.65. The van der Waals surface area contributed by atoms with Crippen molar-refractivity contribution in [2.75, 3.05) is 7.11 Å². The van der Waals surface area contributed by atoms with Gasteiger partial charge in [-0.2, -0.15) is 5.26 Å². The van der Waals surface area contributed by atoms with Crippen molar-refractivity contribution in [1.29, 1.82) is 5.26 Å². The van der Waals surface area contributed by atoms with Gasteiger partial charge in [-0.3, -0.25) is 0 Å². The average Bonchev–Trinajstić information content (AvgIpc) is 3.36. The number of furan rings is 1. The molecule has 0 saturated carbocycles. The largest absolute Gasteiger partial charge is 0.465 e. The number of aliphatic imine (C=N–C) groups is 1. The van der Waals surface area contributed by atoms with Crippen molar-refractivity contribution in [3.8, 4) is 17.4 Å². The Bertz CT molecular complexity index is 1150. The summed E-state index contributed by atoms with van der Waals surface area (Å²) >= 11 is 7.66. The van der Waals surface area contributed by atoms with Crippen LogP contribution in [-0.4, -0.2) is 19.3 Å². The molecule has 0 aliphatic heterocycles. The van der Waals surface area contributed by atoms with Gasteiger partial charge >= 0.3 is 5.97 Å². The Morgan fingerprint density at radius 3 is 2.93 bits per heavy atom. The first-order valence-electron chi connectivity index (χ1n) is 9.17. The molecule has 7 heteroatoms. The Hall–Kier alpha value is -2.88. The summed E-state index contributed by atoms with van der Waals surface area (Å²) in [5, 5.41) is 10.6. The normalized spacial score (nSPS) is 13.3. The van der Waals surface area contributed by atoms with Gasteiger partial charge in [0.15, 0.2) is 0 Å². The number of halogens is 1. The van der Waals surface area contributed by atoms with Gasteiger partial charge in [0, 0.05) is 10.4 Å². The van der Waals surface area contributed by atoms with E-state index >= 15 is 0 Å². The molecule has 2 heterocycles. The Kier molecular flexibility index (Phi) is 5.52. The van der Waals surface area contributed by atoms with Crippen LogP contribution in [0.5, 0.6) is 0 Å². The maximum Gasteiger partial charge on any atom is 0.339 e. The van der Waals surface area contributed by atoms with Gasteiger partial charge in [0.2, 0.25) is 0 Å². The number of esters is 1. The van der Waals surface area contributed by atoms with Crippen LogP contribution in [0, 0.1) is 11.3 Å². The predicted octanol–water partition coefficient (Wildman–Crippen LogP) is 5.95. The van der Waals surface area contributed by atoms with Crippen molar-refractivity contribution in [3.05, 3.63) is 62.7 Å². The zero-order valence-electron chi connectivity index (χ0n) is 15.7. The minimum absolute atomic E-state index is 0.279. The van der Waals surface area contributed by atoms with E-state index in [1.54, 1.807) is 47.9 Å². The molecule has 0 radical (unpaired) electrons. The number of rotatable bonds is 4. The standard InChI is InChI=1S/C22H17ClN2O3S/c1-27-22(26)16-10-13(6-8-18(16)23)19-9-7-14(28-19)12-25-21-17(11-24)15-4-2-3-5-20(15)29-21/h6-10,12H,2-5H2,1H3/b25-12+. The van der Waals surface area contributed by atoms with Gasteiger partial charge in [0.1, 0.15) is 22.6 Å². The summed E-state index contributed by atoms with van der Waals surface area (Å²) in [4.78, 5) is 17.6. The molecule has 1 aromatic carbocycles. The highest BCUT2D eigenvalue weighted by molar-refractivity contribution is 7.16. The lowest BCUT2D eigenvalue weighted by atomic mass is 9.96. The molecule has 0 saturated heterocycles. The Morgan fingerprint density at radius 2 is 2.14 bits per heavy atom. The summed E-state index contributed by atoms with van der Waals surface area (Å²) in [5.41, 5.74) is 2.83. The maximum absolute atomic E-state index is 11.8. The fourth-order valence-corrected chi connectivity index (χ4v) is 4.78. The number of thiophene rings is 1. The minimum Gasteiger partial charge on any atom is -0.465 e. The number of ether oxygens (including phenoxy) is 1. The van der Waals surface area contributed by atoms with Gasteiger partial charge < -0.3 is 9.15 Å². The molecule has 2 aromatic heterocycles. The van der Waals surface area contributed by atoms with Crippen LogP contribution in [-0.2, 0) is 17.6 Å². The van der Waals surface area contributed by atoms with Crippen molar-refractivity contribution >= 4 is 40.1 Å². The first-order chi connectivity index (χ1) is 14.1. The molecule has 0 bridgehead atoms. The van der Waals surface area contributed by atoms with Gasteiger partial charge in [0.25, 0.3) is 0 Å². The third-order valence-corrected chi connectivity index (χ3v) is 6.39. The summed E-state index contributed by atoms with van der Waals surface area (Å²) in [6.45, 7) is 0. The highest BCUT2D eigenvalue weighted by Gasteiger charge is 2.20. The number of hydrogen-bond donors (Lipinski definition) is 0. The molecule has 0 unspecified atom stereocenters. The van der Waals surface area contributed by atoms with E-state index in [1.807, 2.05) is 0 Å². The highest BCUT2D eigenvalue weighted by atomic mass is 35.5. The molecule has 0 atom stereocenters. The topological polar surface area (TPSA) is 75.6 Å². The fraction of sp³-hybridized carbons (Fsp3) is 0.227. The zero-order valence-corrected chi connectivity index (χ0v) is 17.3. The predicted molar refractivity (Wildman–Crippen MR) is 113 cm³/mol. The lowest BCUT2D eigenvalue weighted by Crippen LogP contribution is -2.02. The van der Waals surface area contributed by atoms with Crippen molar-refractivity contribution < 1.29 is 13.9 Å². The van der Waals surface area contributed by atoms with Crippen LogP contribution in [0.3, 0.4) is 0 Å². The number of carbonyl (C=O) groups excluding carboxylic acids is 1. The molecule has 146 valence electrons. The minimum atomic E-state index is -0.504. The number of carbonyl (C=O) groups is 1. The van der Waals surface area contributed by atoms with Crippen molar-refractivity contribution in [3.63, 3.8) is 0 Å². The van der Waals surface area contributed by atoms with E-state index in [9.17, 15) is 10.1 Å². The molecule has 1 aliphatic carbocycles. The molecule has 4 rings (SSSR count). The Labute approximate surface area is 177 Å². The van der Waals surface area contributed by atoms with Crippen LogP contribution in [0.25, 0.3) is 11.3 Å². The third-order valence-electron chi connectivity index (χ3n) is 4.86. The summed E-state index contributed by atoms with van der Waals surface area (Å²) < 4.78 is 10.6. The summed E-state index contributed by atoms with van der Waals surface area (Å²) in [5.74, 6) is 0.639. The molecule has 0 N–H and O–H groups in total. The van der Waals surface area contributed by atoms with Crippen LogP contribution in [0.4, 0.5) is 5.00 Å². The first kappa shape index (κ1) is 19.4. The first-order valence-corrected chi connectivity index (χ1v) is 10.4. The number of fused-ring (bicyclic) bond motifs is 1. The van der Waals surface area contributed by atoms with Crippen molar-refractivity contribution in [2.24, 2.45) is 4.99 Å². The zero-order chi connectivity index (χ0) is 20.4. The van der Waals surface area contributed by atoms with Gasteiger partial charge in [0.05, 0.1) is 29.5 Å². The van der Waals surface area contributed by atoms with E-state index in [4.69, 9.17) is 20.8 Å². The molecular weight excluding hydrogens is 408 g/mol. The molecule has 0 spiro atoms. The Balaban J connectivity index is 1.60. The van der Waals surface area contributed by atoms with E-state index in [0.29, 0.717) is 27.7 Å². The lowest BCUT2D eigenvalue weighted by Gasteiger charge is -2.09. The monoisotopic (exact) mass is 424 g/mol. The van der Waals surface area contributed by atoms with E-state index in [2.05, 4.69) is 11.1 Å². The summed E-state index contributed by atoms with van der Waals surface area (Å²) in [7, 11) is 1.31. The summed E-state index contributed by atoms with van der Waals surface area (Å²) in [6.07, 6.45) is 5.89. The molecule has 5 nitrogen and oxygen atoms in total. The van der Waals surface area contributed by atoms with E-state index in [1.165, 1.54) is 12.0 Å². The highest BCUT2D eigenvalue weighted by Crippen LogP contribution is 2.39. The van der Waals surface area contributed by atoms with Crippen molar-refractivity contribution in [1.82, 2.24) is 0 Å². The number of nitrogens with zero attached hydrogens (tertiary/aromatic N) is 2. The van der Waals surface area contributed by atoms with Crippen LogP contribution < -0.4 is 0 Å². The van der Waals surface area contributed by atoms with Crippen LogP contribution >= 0.6 is 22.9 Å². The average molecular weight is 425 g/mol.